The van der Waals surface area contributed by atoms with Crippen LogP contribution in [-0.4, -0.2) is 40.4 Å². The zero-order valence-electron chi connectivity index (χ0n) is 16.2. The van der Waals surface area contributed by atoms with Gasteiger partial charge < -0.3 is 29.6 Å². The molecule has 1 heterocycles. The van der Waals surface area contributed by atoms with Crippen molar-refractivity contribution in [1.29, 1.82) is 0 Å². The van der Waals surface area contributed by atoms with Crippen LogP contribution in [0.5, 0.6) is 23.0 Å². The fourth-order valence-corrected chi connectivity index (χ4v) is 3.14. The maximum atomic E-state index is 6.29. The molecule has 0 saturated carbocycles. The molecule has 1 aliphatic rings. The lowest BCUT2D eigenvalue weighted by molar-refractivity contribution is 0.171. The van der Waals surface area contributed by atoms with Crippen LogP contribution >= 0.6 is 11.6 Å². The van der Waals surface area contributed by atoms with Crippen LogP contribution in [0.15, 0.2) is 35.3 Å². The smallest absolute Gasteiger partial charge is 0.191 e. The van der Waals surface area contributed by atoms with Gasteiger partial charge in [-0.2, -0.15) is 0 Å². The number of benzene rings is 2. The Balaban J connectivity index is 1.61. The van der Waals surface area contributed by atoms with Crippen LogP contribution in [0, 0.1) is 0 Å². The van der Waals surface area contributed by atoms with E-state index in [4.69, 9.17) is 30.5 Å². The fourth-order valence-electron chi connectivity index (χ4n) is 2.85. The van der Waals surface area contributed by atoms with Crippen molar-refractivity contribution >= 4 is 17.6 Å². The summed E-state index contributed by atoms with van der Waals surface area (Å²) >= 11 is 6.29. The van der Waals surface area contributed by atoms with Crippen LogP contribution < -0.4 is 29.6 Å². The molecule has 150 valence electrons. The van der Waals surface area contributed by atoms with E-state index in [0.29, 0.717) is 48.8 Å². The normalized spacial score (nSPS) is 13.1. The number of nitrogens with zero attached hydrogens (tertiary/aromatic N) is 1. The monoisotopic (exact) mass is 405 g/mol. The first-order chi connectivity index (χ1) is 13.6. The Morgan fingerprint density at radius 3 is 2.61 bits per heavy atom. The third kappa shape index (κ3) is 4.72. The third-order valence-corrected chi connectivity index (χ3v) is 4.56. The van der Waals surface area contributed by atoms with Gasteiger partial charge in [0.05, 0.1) is 19.2 Å². The van der Waals surface area contributed by atoms with E-state index in [1.54, 1.807) is 21.3 Å². The van der Waals surface area contributed by atoms with E-state index < -0.39 is 0 Å². The molecule has 8 heteroatoms. The van der Waals surface area contributed by atoms with Gasteiger partial charge in [0.1, 0.15) is 24.7 Å². The van der Waals surface area contributed by atoms with Crippen LogP contribution in [0.2, 0.25) is 5.02 Å². The van der Waals surface area contributed by atoms with Gasteiger partial charge in [-0.15, -0.1) is 0 Å². The van der Waals surface area contributed by atoms with Gasteiger partial charge in [-0.1, -0.05) is 11.6 Å². The van der Waals surface area contributed by atoms with E-state index in [2.05, 4.69) is 15.6 Å². The summed E-state index contributed by atoms with van der Waals surface area (Å²) in [7, 11) is 4.98. The molecule has 2 aromatic carbocycles. The zero-order chi connectivity index (χ0) is 19.9. The summed E-state index contributed by atoms with van der Waals surface area (Å²) in [6.07, 6.45) is 0. The Hall–Kier alpha value is -2.80. The zero-order valence-corrected chi connectivity index (χ0v) is 16.9. The second-order valence-electron chi connectivity index (χ2n) is 6.06. The molecule has 0 saturated heterocycles. The summed E-state index contributed by atoms with van der Waals surface area (Å²) in [6, 6.07) is 9.49. The van der Waals surface area contributed by atoms with E-state index in [9.17, 15) is 0 Å². The van der Waals surface area contributed by atoms with Crippen LogP contribution in [-0.2, 0) is 13.1 Å². The van der Waals surface area contributed by atoms with E-state index in [0.717, 1.165) is 22.6 Å². The molecule has 28 heavy (non-hydrogen) atoms. The molecule has 0 atom stereocenters. The number of halogens is 1. The first kappa shape index (κ1) is 19.9. The fraction of sp³-hybridized carbons (Fsp3) is 0.350. The molecule has 0 amide bonds. The van der Waals surface area contributed by atoms with Gasteiger partial charge in [0.25, 0.3) is 0 Å². The summed E-state index contributed by atoms with van der Waals surface area (Å²) in [5.74, 6) is 3.43. The Bertz CT molecular complexity index is 858. The largest absolute Gasteiger partial charge is 0.497 e. The van der Waals surface area contributed by atoms with Gasteiger partial charge in [-0.25, -0.2) is 0 Å². The molecule has 2 aromatic rings. The van der Waals surface area contributed by atoms with Crippen molar-refractivity contribution in [2.75, 3.05) is 34.5 Å². The number of methoxy groups -OCH3 is 2. The first-order valence-corrected chi connectivity index (χ1v) is 9.26. The lowest BCUT2D eigenvalue weighted by Crippen LogP contribution is -2.36. The second kappa shape index (κ2) is 9.41. The topological polar surface area (TPSA) is 73.3 Å². The molecule has 0 aliphatic carbocycles. The standard InChI is InChI=1S/C20H24ClN3O4/c1-22-20(24-12-14-4-5-15(25-2)10-17(14)26-3)23-11-13-8-16(21)19-18(9-13)27-6-7-28-19/h4-5,8-10H,6-7,11-12H2,1-3H3,(H2,22,23,24). The highest BCUT2D eigenvalue weighted by molar-refractivity contribution is 6.32. The average Bonchev–Trinajstić information content (AvgIpc) is 2.73. The highest BCUT2D eigenvalue weighted by Crippen LogP contribution is 2.38. The van der Waals surface area contributed by atoms with Gasteiger partial charge in [0, 0.05) is 31.8 Å². The van der Waals surface area contributed by atoms with E-state index in [1.807, 2.05) is 30.3 Å². The molecule has 0 aromatic heterocycles. The maximum Gasteiger partial charge on any atom is 0.191 e. The van der Waals surface area contributed by atoms with Gasteiger partial charge in [0.2, 0.25) is 0 Å². The van der Waals surface area contributed by atoms with Gasteiger partial charge in [-0.05, 0) is 29.8 Å². The minimum absolute atomic E-state index is 0.510. The Kier molecular flexibility index (Phi) is 6.71. The van der Waals surface area contributed by atoms with Crippen molar-refractivity contribution in [3.63, 3.8) is 0 Å². The predicted molar refractivity (Wildman–Crippen MR) is 109 cm³/mol. The molecule has 2 N–H and O–H groups in total. The lowest BCUT2D eigenvalue weighted by Gasteiger charge is -2.20. The van der Waals surface area contributed by atoms with Crippen LogP contribution in [0.4, 0.5) is 0 Å². The Labute approximate surface area is 169 Å². The van der Waals surface area contributed by atoms with Crippen LogP contribution in [0.25, 0.3) is 0 Å². The van der Waals surface area contributed by atoms with Gasteiger partial charge in [-0.3, -0.25) is 4.99 Å². The lowest BCUT2D eigenvalue weighted by atomic mass is 10.2. The van der Waals surface area contributed by atoms with Crippen molar-refractivity contribution in [3.05, 3.63) is 46.5 Å². The highest BCUT2D eigenvalue weighted by atomic mass is 35.5. The number of hydrogen-bond acceptors (Lipinski definition) is 5. The Morgan fingerprint density at radius 2 is 1.86 bits per heavy atom. The Morgan fingerprint density at radius 1 is 1.07 bits per heavy atom. The van der Waals surface area contributed by atoms with Gasteiger partial charge >= 0.3 is 0 Å². The summed E-state index contributed by atoms with van der Waals surface area (Å²) in [5.41, 5.74) is 1.97. The van der Waals surface area contributed by atoms with Crippen molar-refractivity contribution in [3.8, 4) is 23.0 Å². The predicted octanol–water partition coefficient (Wildman–Crippen LogP) is 2.99. The maximum absolute atomic E-state index is 6.29. The SMILES string of the molecule is CN=C(NCc1cc(Cl)c2c(c1)OCCO2)NCc1ccc(OC)cc1OC. The quantitative estimate of drug-likeness (QED) is 0.568. The molecule has 0 bridgehead atoms. The van der Waals surface area contributed by atoms with Crippen molar-refractivity contribution in [2.45, 2.75) is 13.1 Å². The van der Waals surface area contributed by atoms with Crippen molar-refractivity contribution < 1.29 is 18.9 Å². The molecule has 0 radical (unpaired) electrons. The second-order valence-corrected chi connectivity index (χ2v) is 6.47. The summed E-state index contributed by atoms with van der Waals surface area (Å²) in [6.45, 7) is 2.12. The molecule has 0 fully saturated rings. The van der Waals surface area contributed by atoms with Crippen molar-refractivity contribution in [1.82, 2.24) is 10.6 Å². The number of hydrogen-bond donors (Lipinski definition) is 2. The number of fused-ring (bicyclic) bond motifs is 1. The number of nitrogens with one attached hydrogen (secondary N) is 2. The number of rotatable bonds is 6. The van der Waals surface area contributed by atoms with Crippen LogP contribution in [0.3, 0.4) is 0 Å². The minimum atomic E-state index is 0.510. The highest BCUT2D eigenvalue weighted by Gasteiger charge is 2.16. The molecule has 0 unspecified atom stereocenters. The van der Waals surface area contributed by atoms with Gasteiger partial charge in [0.15, 0.2) is 17.5 Å². The molecule has 7 nitrogen and oxygen atoms in total. The van der Waals surface area contributed by atoms with E-state index in [-0.39, 0.29) is 0 Å². The molecular weight excluding hydrogens is 382 g/mol. The first-order valence-electron chi connectivity index (χ1n) is 8.88. The number of ether oxygens (including phenoxy) is 4. The number of aliphatic imine (C=N–C) groups is 1. The van der Waals surface area contributed by atoms with E-state index >= 15 is 0 Å². The molecule has 1 aliphatic heterocycles. The summed E-state index contributed by atoms with van der Waals surface area (Å²) in [5, 5.41) is 7.08. The summed E-state index contributed by atoms with van der Waals surface area (Å²) in [4.78, 5) is 4.26. The van der Waals surface area contributed by atoms with E-state index in [1.165, 1.54) is 0 Å². The number of guanidine groups is 1. The van der Waals surface area contributed by atoms with Crippen molar-refractivity contribution in [2.24, 2.45) is 4.99 Å². The van der Waals surface area contributed by atoms with Crippen LogP contribution in [0.1, 0.15) is 11.1 Å². The third-order valence-electron chi connectivity index (χ3n) is 4.28. The molecule has 0 spiro atoms. The average molecular weight is 406 g/mol. The summed E-state index contributed by atoms with van der Waals surface area (Å²) < 4.78 is 21.8. The molecular formula is C20H24ClN3O4. The minimum Gasteiger partial charge on any atom is -0.497 e. The molecule has 3 rings (SSSR count).